The zero-order chi connectivity index (χ0) is 24.2. The van der Waals surface area contributed by atoms with Crippen molar-refractivity contribution in [3.05, 3.63) is 63.7 Å². The van der Waals surface area contributed by atoms with Gasteiger partial charge in [0.1, 0.15) is 23.0 Å². The Labute approximate surface area is 192 Å². The third-order valence-electron chi connectivity index (χ3n) is 6.56. The Morgan fingerprint density at radius 2 is 1.91 bits per heavy atom. The third-order valence-corrected chi connectivity index (χ3v) is 6.56. The molecule has 1 fully saturated rings. The van der Waals surface area contributed by atoms with Gasteiger partial charge in [0.15, 0.2) is 0 Å². The first-order valence-corrected chi connectivity index (χ1v) is 10.9. The Kier molecular flexibility index (Phi) is 5.07. The molecule has 0 radical (unpaired) electrons. The molecule has 0 spiro atoms. The van der Waals surface area contributed by atoms with Crippen LogP contribution in [0.5, 0.6) is 0 Å². The molecule has 5 rings (SSSR count). The van der Waals surface area contributed by atoms with Gasteiger partial charge in [0, 0.05) is 24.5 Å². The maximum atomic E-state index is 14.3. The smallest absolute Gasteiger partial charge is 0.293 e. The van der Waals surface area contributed by atoms with E-state index in [0.717, 1.165) is 12.1 Å². The maximum absolute atomic E-state index is 14.3. The molecule has 2 amide bonds. The van der Waals surface area contributed by atoms with Crippen molar-refractivity contribution >= 4 is 23.3 Å². The van der Waals surface area contributed by atoms with Gasteiger partial charge in [-0.15, -0.1) is 5.10 Å². The Hall–Kier alpha value is -3.89. The van der Waals surface area contributed by atoms with Crippen molar-refractivity contribution in [2.45, 2.75) is 51.6 Å². The summed E-state index contributed by atoms with van der Waals surface area (Å²) in [5.74, 6) is -3.63. The van der Waals surface area contributed by atoms with E-state index < -0.39 is 34.8 Å². The van der Waals surface area contributed by atoms with Crippen LogP contribution in [0.2, 0.25) is 0 Å². The first-order chi connectivity index (χ1) is 16.2. The molecule has 1 saturated carbocycles. The Balaban J connectivity index is 1.44. The van der Waals surface area contributed by atoms with Crippen molar-refractivity contribution in [1.82, 2.24) is 25.3 Å². The van der Waals surface area contributed by atoms with Gasteiger partial charge < -0.3 is 15.2 Å². The number of nitrogens with zero attached hydrogens (tertiary/aromatic N) is 3. The minimum atomic E-state index is -0.789. The van der Waals surface area contributed by atoms with E-state index in [1.54, 1.807) is 17.7 Å². The number of aromatic nitrogens is 4. The van der Waals surface area contributed by atoms with Crippen LogP contribution in [-0.2, 0) is 23.3 Å². The predicted octanol–water partition coefficient (Wildman–Crippen LogP) is 2.69. The number of halogens is 2. The zero-order valence-electron chi connectivity index (χ0n) is 18.6. The summed E-state index contributed by atoms with van der Waals surface area (Å²) < 4.78 is 29.9. The van der Waals surface area contributed by atoms with E-state index in [-0.39, 0.29) is 22.5 Å². The molecule has 2 aliphatic rings. The monoisotopic (exact) mass is 468 g/mol. The normalized spacial score (nSPS) is 15.6. The lowest BCUT2D eigenvalue weighted by atomic mass is 10.0. The molecule has 176 valence electrons. The number of rotatable bonds is 6. The average molecular weight is 468 g/mol. The molecule has 0 saturated heterocycles. The van der Waals surface area contributed by atoms with E-state index in [1.165, 1.54) is 6.92 Å². The van der Waals surface area contributed by atoms with Crippen molar-refractivity contribution in [3.63, 3.8) is 0 Å². The lowest BCUT2D eigenvalue weighted by Crippen LogP contribution is -2.40. The van der Waals surface area contributed by atoms with Gasteiger partial charge in [-0.2, -0.15) is 0 Å². The molecular weight excluding hydrogens is 446 g/mol. The molecule has 0 unspecified atom stereocenters. The van der Waals surface area contributed by atoms with E-state index in [4.69, 9.17) is 0 Å². The number of aromatic amines is 1. The lowest BCUT2D eigenvalue weighted by Gasteiger charge is -2.14. The largest absolute Gasteiger partial charge is 0.340 e. The van der Waals surface area contributed by atoms with E-state index >= 15 is 0 Å². The van der Waals surface area contributed by atoms with Gasteiger partial charge in [0.2, 0.25) is 0 Å². The molecule has 34 heavy (non-hydrogen) atoms. The molecule has 0 atom stereocenters. The van der Waals surface area contributed by atoms with Crippen LogP contribution in [0.3, 0.4) is 0 Å². The topological polar surface area (TPSA) is 122 Å². The average Bonchev–Trinajstić information content (AvgIpc) is 3.14. The maximum Gasteiger partial charge on any atom is 0.293 e. The van der Waals surface area contributed by atoms with Crippen LogP contribution in [0.1, 0.15) is 62.6 Å². The number of fused-ring (bicyclic) bond motifs is 1. The first kappa shape index (κ1) is 21.9. The quantitative estimate of drug-likeness (QED) is 0.379. The Morgan fingerprint density at radius 1 is 1.15 bits per heavy atom. The number of hydrogen-bond acceptors (Lipinski definition) is 5. The summed E-state index contributed by atoms with van der Waals surface area (Å²) in [6.45, 7) is 3.48. The number of Topliss-reactive ketones (excluding diaryl/α,β-unsaturated/α-hetero) is 1. The molecule has 1 aromatic carbocycles. The first-order valence-electron chi connectivity index (χ1n) is 10.9. The third kappa shape index (κ3) is 3.47. The fourth-order valence-electron chi connectivity index (χ4n) is 4.63. The molecular formula is C23H22F2N6O3. The second-order valence-corrected chi connectivity index (χ2v) is 8.81. The van der Waals surface area contributed by atoms with Crippen LogP contribution in [-0.4, -0.2) is 37.6 Å². The fraction of sp³-hybridized carbons (Fsp3) is 0.348. The number of anilines is 1. The van der Waals surface area contributed by atoms with Crippen molar-refractivity contribution < 1.29 is 23.2 Å². The summed E-state index contributed by atoms with van der Waals surface area (Å²) in [6, 6.07) is 1.92. The molecule has 1 aliphatic heterocycles. The molecule has 2 aromatic heterocycles. The SMILES string of the molecule is Cc1cc(F)c(NC(=O)c2c(C)c(C(=O)C(=O)NC3(c4c[nH]nn4)CC3)c3n2CCC3)cc1F. The summed E-state index contributed by atoms with van der Waals surface area (Å²) in [4.78, 5) is 39.2. The fourth-order valence-corrected chi connectivity index (χ4v) is 4.63. The number of amides is 2. The Bertz CT molecular complexity index is 1340. The number of carbonyl (C=O) groups excluding carboxylic acids is 3. The molecule has 0 bridgehead atoms. The number of H-pyrrole nitrogens is 1. The van der Waals surface area contributed by atoms with Gasteiger partial charge >= 0.3 is 0 Å². The van der Waals surface area contributed by atoms with Gasteiger partial charge in [-0.05, 0) is 56.7 Å². The molecule has 1 aliphatic carbocycles. The van der Waals surface area contributed by atoms with Crippen molar-refractivity contribution in [3.8, 4) is 0 Å². The number of ketones is 1. The van der Waals surface area contributed by atoms with E-state index in [1.807, 2.05) is 0 Å². The van der Waals surface area contributed by atoms with Crippen LogP contribution in [0.4, 0.5) is 14.5 Å². The van der Waals surface area contributed by atoms with Crippen LogP contribution >= 0.6 is 0 Å². The second-order valence-electron chi connectivity index (χ2n) is 8.81. The van der Waals surface area contributed by atoms with Crippen LogP contribution < -0.4 is 10.6 Å². The summed E-state index contributed by atoms with van der Waals surface area (Å²) in [5, 5.41) is 15.4. The highest BCUT2D eigenvalue weighted by atomic mass is 19.1. The van der Waals surface area contributed by atoms with E-state index in [0.29, 0.717) is 49.2 Å². The van der Waals surface area contributed by atoms with Gasteiger partial charge in [-0.25, -0.2) is 8.78 Å². The van der Waals surface area contributed by atoms with Crippen molar-refractivity contribution in [2.75, 3.05) is 5.32 Å². The molecule has 3 aromatic rings. The van der Waals surface area contributed by atoms with Crippen molar-refractivity contribution in [2.24, 2.45) is 0 Å². The lowest BCUT2D eigenvalue weighted by molar-refractivity contribution is -0.118. The highest BCUT2D eigenvalue weighted by molar-refractivity contribution is 6.44. The van der Waals surface area contributed by atoms with Crippen LogP contribution in [0, 0.1) is 25.5 Å². The summed E-state index contributed by atoms with van der Waals surface area (Å²) in [5.41, 5.74) is 0.900. The predicted molar refractivity (Wildman–Crippen MR) is 116 cm³/mol. The second kappa shape index (κ2) is 7.86. The number of nitrogens with one attached hydrogen (secondary N) is 3. The van der Waals surface area contributed by atoms with Crippen LogP contribution in [0.15, 0.2) is 18.3 Å². The molecule has 9 nitrogen and oxygen atoms in total. The summed E-state index contributed by atoms with van der Waals surface area (Å²) >= 11 is 0. The summed E-state index contributed by atoms with van der Waals surface area (Å²) in [6.07, 6.45) is 4.06. The minimum absolute atomic E-state index is 0.119. The minimum Gasteiger partial charge on any atom is -0.340 e. The van der Waals surface area contributed by atoms with Gasteiger partial charge in [-0.1, -0.05) is 5.21 Å². The Morgan fingerprint density at radius 3 is 2.59 bits per heavy atom. The zero-order valence-corrected chi connectivity index (χ0v) is 18.6. The number of aryl methyl sites for hydroxylation is 1. The van der Waals surface area contributed by atoms with Crippen molar-refractivity contribution in [1.29, 1.82) is 0 Å². The highest BCUT2D eigenvalue weighted by Gasteiger charge is 2.49. The van der Waals surface area contributed by atoms with Gasteiger partial charge in [-0.3, -0.25) is 19.5 Å². The molecule has 3 N–H and O–H groups in total. The standard InChI is InChI=1S/C23H22F2N6O3/c1-11-8-14(25)15(9-13(11)24)27-21(33)19-12(2)18(16-4-3-7-31(16)19)20(32)22(34)28-23(5-6-23)17-10-26-30-29-17/h8-10H,3-7H2,1-2H3,(H,27,33)(H,28,34)(H,26,29,30). The number of hydrogen-bond donors (Lipinski definition) is 3. The molecule has 3 heterocycles. The van der Waals surface area contributed by atoms with Crippen LogP contribution in [0.25, 0.3) is 0 Å². The summed E-state index contributed by atoms with van der Waals surface area (Å²) in [7, 11) is 0. The number of benzene rings is 1. The van der Waals surface area contributed by atoms with E-state index in [2.05, 4.69) is 26.0 Å². The molecule has 11 heteroatoms. The number of carbonyl (C=O) groups is 3. The van der Waals surface area contributed by atoms with Gasteiger partial charge in [0.25, 0.3) is 17.6 Å². The highest BCUT2D eigenvalue weighted by Crippen LogP contribution is 2.44. The van der Waals surface area contributed by atoms with Gasteiger partial charge in [0.05, 0.1) is 16.8 Å². The van der Waals surface area contributed by atoms with E-state index in [9.17, 15) is 23.2 Å².